The topological polar surface area (TPSA) is 62.0 Å². The molecular weight excluding hydrogens is 264 g/mol. The first kappa shape index (κ1) is 17.5. The van der Waals surface area contributed by atoms with Crippen LogP contribution in [0.15, 0.2) is 10.9 Å². The molecule has 1 heterocycles. The van der Waals surface area contributed by atoms with Crippen LogP contribution in [-0.4, -0.2) is 16.9 Å². The van der Waals surface area contributed by atoms with Crippen LogP contribution in [0, 0.1) is 0 Å². The maximum absolute atomic E-state index is 12.3. The molecule has 1 rings (SSSR count). The zero-order valence-electron chi connectivity index (χ0n) is 13.7. The van der Waals surface area contributed by atoms with Gasteiger partial charge >= 0.3 is 0 Å². The average Bonchev–Trinajstić information content (AvgIpc) is 2.50. The number of H-pyrrole nitrogens is 1. The van der Waals surface area contributed by atoms with Crippen LogP contribution in [0.3, 0.4) is 0 Å². The van der Waals surface area contributed by atoms with E-state index in [2.05, 4.69) is 24.1 Å². The Bertz CT molecular complexity index is 520. The fourth-order valence-electron chi connectivity index (χ4n) is 2.50. The van der Waals surface area contributed by atoms with Gasteiger partial charge in [-0.2, -0.15) is 0 Å². The Balaban J connectivity index is 2.94. The van der Waals surface area contributed by atoms with Crippen molar-refractivity contribution in [3.05, 3.63) is 33.2 Å². The lowest BCUT2D eigenvalue weighted by atomic mass is 10.0. The highest BCUT2D eigenvalue weighted by atomic mass is 16.2. The number of nitrogens with one attached hydrogen (secondary N) is 2. The number of aromatic amines is 1. The van der Waals surface area contributed by atoms with Crippen molar-refractivity contribution in [2.75, 3.05) is 0 Å². The van der Waals surface area contributed by atoms with Crippen LogP contribution >= 0.6 is 0 Å². The fraction of sp³-hybridized carbons (Fsp3) is 0.647. The molecule has 4 heteroatoms. The number of hydrogen-bond acceptors (Lipinski definition) is 2. The third-order valence-corrected chi connectivity index (χ3v) is 3.93. The fourth-order valence-corrected chi connectivity index (χ4v) is 2.50. The first-order valence-corrected chi connectivity index (χ1v) is 8.13. The summed E-state index contributed by atoms with van der Waals surface area (Å²) in [6.45, 7) is 8.23. The molecule has 0 bridgehead atoms. The van der Waals surface area contributed by atoms with Gasteiger partial charge in [-0.3, -0.25) is 9.59 Å². The van der Waals surface area contributed by atoms with E-state index in [-0.39, 0.29) is 23.1 Å². The van der Waals surface area contributed by atoms with E-state index in [1.165, 1.54) is 0 Å². The van der Waals surface area contributed by atoms with Crippen molar-refractivity contribution in [3.63, 3.8) is 0 Å². The molecule has 0 aliphatic heterocycles. The molecule has 0 aromatic carbocycles. The summed E-state index contributed by atoms with van der Waals surface area (Å²) in [7, 11) is 0. The Morgan fingerprint density at radius 1 is 1.24 bits per heavy atom. The van der Waals surface area contributed by atoms with Gasteiger partial charge in [0, 0.05) is 11.7 Å². The normalized spacial score (nSPS) is 12.2. The quantitative estimate of drug-likeness (QED) is 0.773. The third-order valence-electron chi connectivity index (χ3n) is 3.93. The van der Waals surface area contributed by atoms with Crippen molar-refractivity contribution in [1.82, 2.24) is 10.3 Å². The maximum atomic E-state index is 12.3. The number of amides is 1. The Kier molecular flexibility index (Phi) is 7.20. The third kappa shape index (κ3) is 4.73. The molecule has 1 amide bonds. The standard InChI is InChI=1S/C17H28N2O2/c1-5-9-10-13(7-3)18-16(20)14-11-12(6-2)15(8-4)19-17(14)21/h11,13H,5-10H2,1-4H3,(H,18,20)(H,19,21)/t13-/m1/s1. The van der Waals surface area contributed by atoms with Crippen molar-refractivity contribution >= 4 is 5.91 Å². The lowest BCUT2D eigenvalue weighted by molar-refractivity contribution is 0.0931. The van der Waals surface area contributed by atoms with Crippen LogP contribution in [0.25, 0.3) is 0 Å². The molecule has 0 aliphatic rings. The average molecular weight is 292 g/mol. The maximum Gasteiger partial charge on any atom is 0.261 e. The largest absolute Gasteiger partial charge is 0.349 e. The van der Waals surface area contributed by atoms with E-state index < -0.39 is 0 Å². The number of aryl methyl sites for hydroxylation is 2. The number of unbranched alkanes of at least 4 members (excludes halogenated alkanes) is 1. The minimum atomic E-state index is -0.285. The second-order valence-corrected chi connectivity index (χ2v) is 5.44. The van der Waals surface area contributed by atoms with Gasteiger partial charge in [-0.05, 0) is 37.3 Å². The summed E-state index contributed by atoms with van der Waals surface area (Å²) in [6, 6.07) is 1.90. The molecule has 1 atom stereocenters. The van der Waals surface area contributed by atoms with Crippen LogP contribution in [0.1, 0.15) is 75.0 Å². The van der Waals surface area contributed by atoms with Crippen LogP contribution in [0.4, 0.5) is 0 Å². The first-order valence-electron chi connectivity index (χ1n) is 8.13. The summed E-state index contributed by atoms with van der Waals surface area (Å²) in [5.41, 5.74) is 1.92. The first-order chi connectivity index (χ1) is 10.1. The van der Waals surface area contributed by atoms with Gasteiger partial charge in [-0.25, -0.2) is 0 Å². The molecule has 21 heavy (non-hydrogen) atoms. The van der Waals surface area contributed by atoms with Crippen molar-refractivity contribution in [2.24, 2.45) is 0 Å². The van der Waals surface area contributed by atoms with E-state index in [9.17, 15) is 9.59 Å². The van der Waals surface area contributed by atoms with E-state index in [0.29, 0.717) is 0 Å². The Labute approximate surface area is 127 Å². The Morgan fingerprint density at radius 2 is 1.95 bits per heavy atom. The highest BCUT2D eigenvalue weighted by molar-refractivity contribution is 5.94. The number of aromatic nitrogens is 1. The number of hydrogen-bond donors (Lipinski definition) is 2. The monoisotopic (exact) mass is 292 g/mol. The van der Waals surface area contributed by atoms with Crippen LogP contribution < -0.4 is 10.9 Å². The van der Waals surface area contributed by atoms with Crippen molar-refractivity contribution < 1.29 is 4.79 Å². The van der Waals surface area contributed by atoms with E-state index in [4.69, 9.17) is 0 Å². The van der Waals surface area contributed by atoms with E-state index in [1.807, 2.05) is 13.8 Å². The van der Waals surface area contributed by atoms with Gasteiger partial charge in [0.15, 0.2) is 0 Å². The summed E-state index contributed by atoms with van der Waals surface area (Å²) in [6.07, 6.45) is 5.63. The van der Waals surface area contributed by atoms with Crippen LogP contribution in [0.5, 0.6) is 0 Å². The molecule has 0 saturated heterocycles. The van der Waals surface area contributed by atoms with E-state index >= 15 is 0 Å². The zero-order valence-corrected chi connectivity index (χ0v) is 13.7. The second kappa shape index (κ2) is 8.65. The number of pyridine rings is 1. The summed E-state index contributed by atoms with van der Waals surface area (Å²) < 4.78 is 0. The second-order valence-electron chi connectivity index (χ2n) is 5.44. The van der Waals surface area contributed by atoms with Crippen molar-refractivity contribution in [3.8, 4) is 0 Å². The smallest absolute Gasteiger partial charge is 0.261 e. The van der Waals surface area contributed by atoms with Gasteiger partial charge in [0.1, 0.15) is 5.56 Å². The minimum absolute atomic E-state index is 0.146. The molecule has 118 valence electrons. The summed E-state index contributed by atoms with van der Waals surface area (Å²) in [5.74, 6) is -0.253. The van der Waals surface area contributed by atoms with Gasteiger partial charge in [-0.1, -0.05) is 40.5 Å². The predicted octanol–water partition coefficient (Wildman–Crippen LogP) is 3.20. The van der Waals surface area contributed by atoms with Gasteiger partial charge < -0.3 is 10.3 Å². The lowest BCUT2D eigenvalue weighted by Gasteiger charge is -2.17. The summed E-state index contributed by atoms with van der Waals surface area (Å²) >= 11 is 0. The molecular formula is C17H28N2O2. The van der Waals surface area contributed by atoms with Crippen molar-refractivity contribution in [1.29, 1.82) is 0 Å². The highest BCUT2D eigenvalue weighted by Gasteiger charge is 2.16. The Hall–Kier alpha value is -1.58. The molecule has 0 unspecified atom stereocenters. The SMILES string of the molecule is CCCC[C@@H](CC)NC(=O)c1cc(CC)c(CC)[nH]c1=O. The molecule has 1 aromatic rings. The molecule has 4 nitrogen and oxygen atoms in total. The highest BCUT2D eigenvalue weighted by Crippen LogP contribution is 2.09. The number of rotatable bonds is 8. The lowest BCUT2D eigenvalue weighted by Crippen LogP contribution is -2.37. The van der Waals surface area contributed by atoms with Gasteiger partial charge in [0.2, 0.25) is 0 Å². The Morgan fingerprint density at radius 3 is 2.48 bits per heavy atom. The molecule has 1 aromatic heterocycles. The molecule has 2 N–H and O–H groups in total. The van der Waals surface area contributed by atoms with Gasteiger partial charge in [0.05, 0.1) is 0 Å². The molecule has 0 saturated carbocycles. The minimum Gasteiger partial charge on any atom is -0.349 e. The molecule has 0 spiro atoms. The van der Waals surface area contributed by atoms with E-state index in [0.717, 1.165) is 49.8 Å². The van der Waals surface area contributed by atoms with Crippen molar-refractivity contribution in [2.45, 2.75) is 72.3 Å². The molecule has 0 radical (unpaired) electrons. The predicted molar refractivity (Wildman–Crippen MR) is 86.9 cm³/mol. The van der Waals surface area contributed by atoms with Crippen LogP contribution in [-0.2, 0) is 12.8 Å². The summed E-state index contributed by atoms with van der Waals surface area (Å²) in [5, 5.41) is 2.99. The van der Waals surface area contributed by atoms with Crippen LogP contribution in [0.2, 0.25) is 0 Å². The molecule has 0 fully saturated rings. The molecule has 0 aliphatic carbocycles. The number of carbonyl (C=O) groups excluding carboxylic acids is 1. The zero-order chi connectivity index (χ0) is 15.8. The summed E-state index contributed by atoms with van der Waals surface area (Å²) in [4.78, 5) is 27.3. The van der Waals surface area contributed by atoms with Gasteiger partial charge in [-0.15, -0.1) is 0 Å². The van der Waals surface area contributed by atoms with E-state index in [1.54, 1.807) is 6.07 Å². The van der Waals surface area contributed by atoms with Gasteiger partial charge in [0.25, 0.3) is 11.5 Å². The number of carbonyl (C=O) groups is 1.